The number of carbonyl (C=O) groups is 1. The standard InChI is InChI=1S/C16H18N2O2/c1-11-2-4-14-6-12(3-5-15(14)17-11)8-18-9-13(10-18)7-16(19)20/h2-6,13H,7-10H2,1H3,(H,19,20). The van der Waals surface area contributed by atoms with Gasteiger partial charge < -0.3 is 5.11 Å². The molecule has 4 heteroatoms. The highest BCUT2D eigenvalue weighted by Gasteiger charge is 2.28. The Labute approximate surface area is 118 Å². The number of aromatic nitrogens is 1. The van der Waals surface area contributed by atoms with Gasteiger partial charge in [0.1, 0.15) is 0 Å². The molecular formula is C16H18N2O2. The van der Waals surface area contributed by atoms with Crippen LogP contribution >= 0.6 is 0 Å². The third-order valence-electron chi connectivity index (χ3n) is 3.80. The lowest BCUT2D eigenvalue weighted by atomic mass is 9.95. The Balaban J connectivity index is 1.64. The molecule has 1 aliphatic heterocycles. The number of aryl methyl sites for hydroxylation is 1. The lowest BCUT2D eigenvalue weighted by Crippen LogP contribution is -2.46. The van der Waals surface area contributed by atoms with Crippen LogP contribution in [0.1, 0.15) is 17.7 Å². The highest BCUT2D eigenvalue weighted by Crippen LogP contribution is 2.23. The van der Waals surface area contributed by atoms with Crippen LogP contribution in [0.4, 0.5) is 0 Å². The Morgan fingerprint density at radius 3 is 2.90 bits per heavy atom. The van der Waals surface area contributed by atoms with Crippen molar-refractivity contribution in [2.75, 3.05) is 13.1 Å². The van der Waals surface area contributed by atoms with Crippen molar-refractivity contribution in [1.82, 2.24) is 9.88 Å². The highest BCUT2D eigenvalue weighted by molar-refractivity contribution is 5.79. The monoisotopic (exact) mass is 270 g/mol. The van der Waals surface area contributed by atoms with Crippen molar-refractivity contribution < 1.29 is 9.90 Å². The molecule has 0 bridgehead atoms. The number of carboxylic acid groups (broad SMARTS) is 1. The Hall–Kier alpha value is -1.94. The van der Waals surface area contributed by atoms with Gasteiger partial charge in [-0.1, -0.05) is 12.1 Å². The van der Waals surface area contributed by atoms with Crippen LogP contribution in [-0.2, 0) is 11.3 Å². The van der Waals surface area contributed by atoms with E-state index in [2.05, 4.69) is 34.1 Å². The minimum Gasteiger partial charge on any atom is -0.481 e. The third-order valence-corrected chi connectivity index (χ3v) is 3.80. The molecule has 1 aromatic carbocycles. The van der Waals surface area contributed by atoms with E-state index in [1.165, 1.54) is 5.56 Å². The van der Waals surface area contributed by atoms with Gasteiger partial charge in [-0.2, -0.15) is 0 Å². The number of benzene rings is 1. The molecule has 1 saturated heterocycles. The smallest absolute Gasteiger partial charge is 0.303 e. The van der Waals surface area contributed by atoms with Gasteiger partial charge in [0, 0.05) is 30.7 Å². The molecule has 20 heavy (non-hydrogen) atoms. The maximum Gasteiger partial charge on any atom is 0.303 e. The van der Waals surface area contributed by atoms with E-state index < -0.39 is 5.97 Å². The fourth-order valence-electron chi connectivity index (χ4n) is 2.82. The number of carboxylic acids is 1. The second-order valence-electron chi connectivity index (χ2n) is 5.64. The first-order valence-electron chi connectivity index (χ1n) is 6.90. The molecule has 0 radical (unpaired) electrons. The van der Waals surface area contributed by atoms with E-state index >= 15 is 0 Å². The Kier molecular flexibility index (Phi) is 3.40. The summed E-state index contributed by atoms with van der Waals surface area (Å²) in [6, 6.07) is 10.5. The number of hydrogen-bond donors (Lipinski definition) is 1. The topological polar surface area (TPSA) is 53.4 Å². The zero-order chi connectivity index (χ0) is 14.1. The van der Waals surface area contributed by atoms with E-state index in [0.29, 0.717) is 5.92 Å². The maximum atomic E-state index is 10.6. The minimum atomic E-state index is -0.693. The van der Waals surface area contributed by atoms with Gasteiger partial charge in [-0.15, -0.1) is 0 Å². The van der Waals surface area contributed by atoms with Gasteiger partial charge in [-0.05, 0) is 36.6 Å². The molecule has 0 saturated carbocycles. The first-order valence-corrected chi connectivity index (χ1v) is 6.90. The predicted molar refractivity (Wildman–Crippen MR) is 77.5 cm³/mol. The zero-order valence-electron chi connectivity index (χ0n) is 11.5. The molecule has 1 aliphatic rings. The summed E-state index contributed by atoms with van der Waals surface area (Å²) in [5, 5.41) is 9.90. The number of aliphatic carboxylic acids is 1. The van der Waals surface area contributed by atoms with Crippen molar-refractivity contribution in [3.63, 3.8) is 0 Å². The Morgan fingerprint density at radius 1 is 1.35 bits per heavy atom. The fraction of sp³-hybridized carbons (Fsp3) is 0.375. The maximum absolute atomic E-state index is 10.6. The molecule has 2 heterocycles. The molecule has 3 rings (SSSR count). The van der Waals surface area contributed by atoms with Crippen LogP contribution in [0.3, 0.4) is 0 Å². The van der Waals surface area contributed by atoms with Crippen LogP contribution in [0.15, 0.2) is 30.3 Å². The molecule has 0 spiro atoms. The van der Waals surface area contributed by atoms with Crippen molar-refractivity contribution in [3.05, 3.63) is 41.6 Å². The molecule has 4 nitrogen and oxygen atoms in total. The van der Waals surface area contributed by atoms with Crippen LogP contribution in [-0.4, -0.2) is 34.0 Å². The van der Waals surface area contributed by atoms with Gasteiger partial charge in [0.2, 0.25) is 0 Å². The van der Waals surface area contributed by atoms with Gasteiger partial charge in [0.15, 0.2) is 0 Å². The lowest BCUT2D eigenvalue weighted by molar-refractivity contribution is -0.139. The first-order chi connectivity index (χ1) is 9.60. The molecule has 1 N–H and O–H groups in total. The summed E-state index contributed by atoms with van der Waals surface area (Å²) in [4.78, 5) is 17.4. The van der Waals surface area contributed by atoms with Gasteiger partial charge in [-0.25, -0.2) is 0 Å². The molecule has 1 fully saturated rings. The summed E-state index contributed by atoms with van der Waals surface area (Å²) in [5.41, 5.74) is 3.32. The van der Waals surface area contributed by atoms with Gasteiger partial charge in [0.25, 0.3) is 0 Å². The minimum absolute atomic E-state index is 0.289. The lowest BCUT2D eigenvalue weighted by Gasteiger charge is -2.38. The van der Waals surface area contributed by atoms with Crippen molar-refractivity contribution in [1.29, 1.82) is 0 Å². The van der Waals surface area contributed by atoms with E-state index in [4.69, 9.17) is 5.11 Å². The Bertz CT molecular complexity index is 648. The van der Waals surface area contributed by atoms with Crippen LogP contribution < -0.4 is 0 Å². The summed E-state index contributed by atoms with van der Waals surface area (Å²) >= 11 is 0. The van der Waals surface area contributed by atoms with Crippen LogP contribution in [0.5, 0.6) is 0 Å². The number of pyridine rings is 1. The molecule has 0 unspecified atom stereocenters. The average Bonchev–Trinajstić information content (AvgIpc) is 2.36. The molecular weight excluding hydrogens is 252 g/mol. The van der Waals surface area contributed by atoms with Crippen molar-refractivity contribution >= 4 is 16.9 Å². The van der Waals surface area contributed by atoms with Crippen molar-refractivity contribution in [2.24, 2.45) is 5.92 Å². The summed E-state index contributed by atoms with van der Waals surface area (Å²) < 4.78 is 0. The zero-order valence-corrected chi connectivity index (χ0v) is 11.5. The van der Waals surface area contributed by atoms with E-state index in [1.807, 2.05) is 13.0 Å². The number of nitrogens with zero attached hydrogens (tertiary/aromatic N) is 2. The molecule has 1 aromatic heterocycles. The summed E-state index contributed by atoms with van der Waals surface area (Å²) in [5.74, 6) is -0.376. The molecule has 2 aromatic rings. The second kappa shape index (κ2) is 5.21. The quantitative estimate of drug-likeness (QED) is 0.927. The van der Waals surface area contributed by atoms with E-state index in [0.717, 1.165) is 36.2 Å². The molecule has 0 aliphatic carbocycles. The molecule has 0 atom stereocenters. The number of fused-ring (bicyclic) bond motifs is 1. The summed E-state index contributed by atoms with van der Waals surface area (Å²) in [6.45, 7) is 4.66. The number of hydrogen-bond acceptors (Lipinski definition) is 3. The largest absolute Gasteiger partial charge is 0.481 e. The van der Waals surface area contributed by atoms with Crippen LogP contribution in [0, 0.1) is 12.8 Å². The van der Waals surface area contributed by atoms with Crippen molar-refractivity contribution in [3.8, 4) is 0 Å². The fourth-order valence-corrected chi connectivity index (χ4v) is 2.82. The van der Waals surface area contributed by atoms with Crippen LogP contribution in [0.25, 0.3) is 10.9 Å². The normalized spacial score (nSPS) is 16.2. The third kappa shape index (κ3) is 2.80. The average molecular weight is 270 g/mol. The van der Waals surface area contributed by atoms with E-state index in [1.54, 1.807) is 0 Å². The SMILES string of the molecule is Cc1ccc2cc(CN3CC(CC(=O)O)C3)ccc2n1. The number of likely N-dealkylation sites (tertiary alicyclic amines) is 1. The summed E-state index contributed by atoms with van der Waals surface area (Å²) in [6.07, 6.45) is 0.289. The Morgan fingerprint density at radius 2 is 2.15 bits per heavy atom. The van der Waals surface area contributed by atoms with Gasteiger partial charge in [-0.3, -0.25) is 14.7 Å². The van der Waals surface area contributed by atoms with E-state index in [-0.39, 0.29) is 6.42 Å². The molecule has 0 amide bonds. The van der Waals surface area contributed by atoms with Gasteiger partial charge >= 0.3 is 5.97 Å². The molecule has 104 valence electrons. The second-order valence-corrected chi connectivity index (χ2v) is 5.64. The highest BCUT2D eigenvalue weighted by atomic mass is 16.4. The van der Waals surface area contributed by atoms with Gasteiger partial charge in [0.05, 0.1) is 11.9 Å². The van der Waals surface area contributed by atoms with E-state index in [9.17, 15) is 4.79 Å². The van der Waals surface area contributed by atoms with Crippen LogP contribution in [0.2, 0.25) is 0 Å². The first kappa shape index (κ1) is 13.1. The summed E-state index contributed by atoms with van der Waals surface area (Å²) in [7, 11) is 0. The predicted octanol–water partition coefficient (Wildman–Crippen LogP) is 2.45. The van der Waals surface area contributed by atoms with Crippen molar-refractivity contribution in [2.45, 2.75) is 19.9 Å². The number of rotatable bonds is 4.